The van der Waals surface area contributed by atoms with Crippen molar-refractivity contribution in [2.45, 2.75) is 31.3 Å². The highest BCUT2D eigenvalue weighted by Crippen LogP contribution is 2.21. The smallest absolute Gasteiger partial charge is 0.209 e. The second-order valence-corrected chi connectivity index (χ2v) is 6.45. The molecule has 0 aliphatic heterocycles. The van der Waals surface area contributed by atoms with E-state index in [9.17, 15) is 0 Å². The average molecular weight is 298 g/mol. The van der Waals surface area contributed by atoms with Gasteiger partial charge in [0.15, 0.2) is 0 Å². The summed E-state index contributed by atoms with van der Waals surface area (Å²) in [6.07, 6.45) is 1.88. The van der Waals surface area contributed by atoms with Crippen LogP contribution in [0.1, 0.15) is 18.7 Å². The lowest BCUT2D eigenvalue weighted by Gasteiger charge is -2.07. The van der Waals surface area contributed by atoms with Gasteiger partial charge in [0, 0.05) is 23.4 Å². The van der Waals surface area contributed by atoms with Gasteiger partial charge in [-0.05, 0) is 22.9 Å². The minimum absolute atomic E-state index is 0.661. The van der Waals surface area contributed by atoms with Gasteiger partial charge in [-0.25, -0.2) is 4.68 Å². The lowest BCUT2D eigenvalue weighted by Crippen LogP contribution is -2.24. The molecule has 0 aliphatic carbocycles. The van der Waals surface area contributed by atoms with Crippen LogP contribution < -0.4 is 5.32 Å². The van der Waals surface area contributed by atoms with Crippen molar-refractivity contribution in [2.75, 3.05) is 13.1 Å². The van der Waals surface area contributed by atoms with Crippen molar-refractivity contribution in [3.63, 3.8) is 0 Å². The number of rotatable bonds is 8. The zero-order valence-electron chi connectivity index (χ0n) is 11.1. The van der Waals surface area contributed by atoms with E-state index in [1.165, 1.54) is 4.88 Å². The van der Waals surface area contributed by atoms with Crippen LogP contribution in [0.5, 0.6) is 0 Å². The van der Waals surface area contributed by atoms with Crippen LogP contribution in [0.3, 0.4) is 0 Å². The molecule has 104 valence electrons. The van der Waals surface area contributed by atoms with Crippen LogP contribution in [-0.4, -0.2) is 38.3 Å². The molecule has 1 N–H and O–H groups in total. The SMILES string of the molecule is CC(C)CNCCn1nnnc1SCc1cncs1. The van der Waals surface area contributed by atoms with E-state index in [2.05, 4.69) is 39.7 Å². The molecule has 0 bridgehead atoms. The Hall–Kier alpha value is -0.990. The molecule has 19 heavy (non-hydrogen) atoms. The van der Waals surface area contributed by atoms with E-state index in [0.29, 0.717) is 5.92 Å². The van der Waals surface area contributed by atoms with Gasteiger partial charge in [-0.15, -0.1) is 16.4 Å². The van der Waals surface area contributed by atoms with Crippen molar-refractivity contribution in [1.82, 2.24) is 30.5 Å². The van der Waals surface area contributed by atoms with Crippen LogP contribution in [0.25, 0.3) is 0 Å². The highest BCUT2D eigenvalue weighted by Gasteiger charge is 2.07. The Balaban J connectivity index is 1.77. The molecule has 0 saturated heterocycles. The minimum Gasteiger partial charge on any atom is -0.315 e. The van der Waals surface area contributed by atoms with Crippen LogP contribution in [0.2, 0.25) is 0 Å². The van der Waals surface area contributed by atoms with Crippen LogP contribution in [0.15, 0.2) is 16.9 Å². The summed E-state index contributed by atoms with van der Waals surface area (Å²) in [6.45, 7) is 7.09. The topological polar surface area (TPSA) is 68.5 Å². The van der Waals surface area contributed by atoms with E-state index < -0.39 is 0 Å². The summed E-state index contributed by atoms with van der Waals surface area (Å²) in [7, 11) is 0. The molecule has 8 heteroatoms. The number of nitrogens with zero attached hydrogens (tertiary/aromatic N) is 5. The Labute approximate surface area is 121 Å². The Morgan fingerprint density at radius 3 is 3.11 bits per heavy atom. The van der Waals surface area contributed by atoms with Crippen LogP contribution in [0, 0.1) is 5.92 Å². The van der Waals surface area contributed by atoms with Crippen LogP contribution in [0.4, 0.5) is 0 Å². The van der Waals surface area contributed by atoms with Gasteiger partial charge in [0.25, 0.3) is 0 Å². The molecular weight excluding hydrogens is 280 g/mol. The molecule has 2 aromatic heterocycles. The maximum absolute atomic E-state index is 4.06. The summed E-state index contributed by atoms with van der Waals surface area (Å²) in [5.41, 5.74) is 1.84. The number of hydrogen-bond acceptors (Lipinski definition) is 7. The summed E-state index contributed by atoms with van der Waals surface area (Å²) in [5, 5.41) is 16.1. The highest BCUT2D eigenvalue weighted by molar-refractivity contribution is 7.98. The van der Waals surface area contributed by atoms with Crippen molar-refractivity contribution < 1.29 is 0 Å². The predicted octanol–water partition coefficient (Wildman–Crippen LogP) is 1.67. The van der Waals surface area contributed by atoms with Gasteiger partial charge in [0.05, 0.1) is 12.1 Å². The Kier molecular flexibility index (Phi) is 5.74. The largest absolute Gasteiger partial charge is 0.315 e. The van der Waals surface area contributed by atoms with E-state index in [4.69, 9.17) is 0 Å². The molecule has 0 saturated carbocycles. The number of thioether (sulfide) groups is 1. The Morgan fingerprint density at radius 2 is 2.37 bits per heavy atom. The molecular formula is C11H18N6S2. The molecule has 2 heterocycles. The molecule has 0 fully saturated rings. The van der Waals surface area contributed by atoms with E-state index in [1.807, 2.05) is 16.4 Å². The third-order valence-corrected chi connectivity index (χ3v) is 4.35. The number of aromatic nitrogens is 5. The average Bonchev–Trinajstić information content (AvgIpc) is 3.03. The summed E-state index contributed by atoms with van der Waals surface area (Å²) >= 11 is 3.30. The lowest BCUT2D eigenvalue weighted by molar-refractivity contribution is 0.482. The first-order valence-electron chi connectivity index (χ1n) is 6.22. The minimum atomic E-state index is 0.661. The highest BCUT2D eigenvalue weighted by atomic mass is 32.2. The standard InChI is InChI=1S/C11H18N6S2/c1-9(2)5-12-3-4-17-11(14-15-16-17)18-7-10-6-13-8-19-10/h6,8-9,12H,3-5,7H2,1-2H3. The van der Waals surface area contributed by atoms with Crippen molar-refractivity contribution in [3.8, 4) is 0 Å². The third kappa shape index (κ3) is 4.88. The molecule has 0 aliphatic rings. The molecule has 0 aromatic carbocycles. The van der Waals surface area contributed by atoms with Gasteiger partial charge in [0.2, 0.25) is 5.16 Å². The van der Waals surface area contributed by atoms with Crippen molar-refractivity contribution in [3.05, 3.63) is 16.6 Å². The predicted molar refractivity (Wildman–Crippen MR) is 77.2 cm³/mol. The van der Waals surface area contributed by atoms with Crippen LogP contribution >= 0.6 is 23.1 Å². The van der Waals surface area contributed by atoms with E-state index >= 15 is 0 Å². The Morgan fingerprint density at radius 1 is 1.47 bits per heavy atom. The fourth-order valence-electron chi connectivity index (χ4n) is 1.46. The summed E-state index contributed by atoms with van der Waals surface area (Å²) in [6, 6.07) is 0. The molecule has 0 amide bonds. The van der Waals surface area contributed by atoms with Crippen molar-refractivity contribution >= 4 is 23.1 Å². The molecule has 2 rings (SSSR count). The van der Waals surface area contributed by atoms with Gasteiger partial charge < -0.3 is 5.32 Å². The quantitative estimate of drug-likeness (QED) is 0.590. The summed E-state index contributed by atoms with van der Waals surface area (Å²) in [4.78, 5) is 5.29. The summed E-state index contributed by atoms with van der Waals surface area (Å²) < 4.78 is 1.85. The third-order valence-electron chi connectivity index (χ3n) is 2.38. The number of thiazole rings is 1. The van der Waals surface area contributed by atoms with Crippen molar-refractivity contribution in [1.29, 1.82) is 0 Å². The first-order valence-corrected chi connectivity index (χ1v) is 8.09. The number of tetrazole rings is 1. The van der Waals surface area contributed by atoms with E-state index in [1.54, 1.807) is 23.1 Å². The van der Waals surface area contributed by atoms with Gasteiger partial charge >= 0.3 is 0 Å². The van der Waals surface area contributed by atoms with Gasteiger partial charge in [-0.2, -0.15) is 0 Å². The number of hydrogen-bond donors (Lipinski definition) is 1. The monoisotopic (exact) mass is 298 g/mol. The fraction of sp³-hybridized carbons (Fsp3) is 0.636. The van der Waals surface area contributed by atoms with Gasteiger partial charge in [-0.1, -0.05) is 25.6 Å². The lowest BCUT2D eigenvalue weighted by atomic mass is 10.2. The molecule has 0 radical (unpaired) electrons. The molecule has 0 atom stereocenters. The molecule has 2 aromatic rings. The van der Waals surface area contributed by atoms with E-state index in [0.717, 1.165) is 30.5 Å². The first kappa shape index (κ1) is 14.4. The zero-order chi connectivity index (χ0) is 13.5. The maximum Gasteiger partial charge on any atom is 0.209 e. The maximum atomic E-state index is 4.06. The normalized spacial score (nSPS) is 11.3. The summed E-state index contributed by atoms with van der Waals surface area (Å²) in [5.74, 6) is 1.53. The van der Waals surface area contributed by atoms with Gasteiger partial charge in [-0.3, -0.25) is 4.98 Å². The van der Waals surface area contributed by atoms with Gasteiger partial charge in [0.1, 0.15) is 0 Å². The second-order valence-electron chi connectivity index (χ2n) is 4.54. The second kappa shape index (κ2) is 7.56. The first-order chi connectivity index (χ1) is 9.25. The molecule has 0 spiro atoms. The number of nitrogens with one attached hydrogen (secondary N) is 1. The van der Waals surface area contributed by atoms with Crippen LogP contribution in [-0.2, 0) is 12.3 Å². The Bertz CT molecular complexity index is 467. The molecule has 0 unspecified atom stereocenters. The molecule has 6 nitrogen and oxygen atoms in total. The fourth-order valence-corrected chi connectivity index (χ4v) is 3.01. The zero-order valence-corrected chi connectivity index (χ0v) is 12.7. The van der Waals surface area contributed by atoms with E-state index in [-0.39, 0.29) is 0 Å². The van der Waals surface area contributed by atoms with Crippen molar-refractivity contribution in [2.24, 2.45) is 5.92 Å².